The largest absolute Gasteiger partial charge is 0.465 e. The molecule has 1 aliphatic carbocycles. The van der Waals surface area contributed by atoms with Crippen LogP contribution in [0.25, 0.3) is 0 Å². The van der Waals surface area contributed by atoms with Gasteiger partial charge in [-0.3, -0.25) is 4.90 Å². The van der Waals surface area contributed by atoms with Gasteiger partial charge in [-0.1, -0.05) is 18.3 Å². The number of carbonyl (C=O) groups excluding carboxylic acids is 1. The van der Waals surface area contributed by atoms with Crippen LogP contribution in [-0.4, -0.2) is 48.6 Å². The Kier molecular flexibility index (Phi) is 4.76. The van der Waals surface area contributed by atoms with Gasteiger partial charge in [0.25, 0.3) is 0 Å². The van der Waals surface area contributed by atoms with Gasteiger partial charge in [0.2, 0.25) is 0 Å². The van der Waals surface area contributed by atoms with Crippen molar-refractivity contribution >= 4 is 22.4 Å². The Bertz CT molecular complexity index is 443. The van der Waals surface area contributed by atoms with Crippen LogP contribution in [0.15, 0.2) is 0 Å². The van der Waals surface area contributed by atoms with Crippen LogP contribution < -0.4 is 5.32 Å². The van der Waals surface area contributed by atoms with Crippen molar-refractivity contribution < 1.29 is 9.53 Å². The van der Waals surface area contributed by atoms with Gasteiger partial charge in [-0.05, 0) is 26.3 Å². The van der Waals surface area contributed by atoms with E-state index >= 15 is 0 Å². The highest BCUT2D eigenvalue weighted by molar-refractivity contribution is 7.17. The predicted molar refractivity (Wildman–Crippen MR) is 76.9 cm³/mol. The van der Waals surface area contributed by atoms with E-state index in [2.05, 4.69) is 22.1 Å². The molecule has 1 fully saturated rings. The third kappa shape index (κ3) is 3.67. The average Bonchev–Trinajstić information content (AvgIpc) is 3.18. The number of ether oxygens (including phenoxy) is 1. The monoisotopic (exact) mass is 283 g/mol. The third-order valence-corrected chi connectivity index (χ3v) is 4.41. The first-order valence-corrected chi connectivity index (χ1v) is 7.51. The molecular weight excluding hydrogens is 262 g/mol. The van der Waals surface area contributed by atoms with Crippen LogP contribution in [-0.2, 0) is 4.74 Å². The predicted octanol–water partition coefficient (Wildman–Crippen LogP) is 2.13. The lowest BCUT2D eigenvalue weighted by Gasteiger charge is -2.19. The topological polar surface area (TPSA) is 54.5 Å². The lowest BCUT2D eigenvalue weighted by atomic mass is 10.4. The molecule has 2 rings (SSSR count). The molecule has 6 heteroatoms. The molecular formula is C13H21N3O2S. The summed E-state index contributed by atoms with van der Waals surface area (Å²) in [5, 5.41) is 4.09. The van der Waals surface area contributed by atoms with E-state index in [0.717, 1.165) is 36.5 Å². The van der Waals surface area contributed by atoms with Gasteiger partial charge in [-0.15, -0.1) is 0 Å². The maximum absolute atomic E-state index is 11.5. The number of anilines is 1. The van der Waals surface area contributed by atoms with Crippen LogP contribution in [0.5, 0.6) is 0 Å². The molecule has 0 bridgehead atoms. The molecule has 0 atom stereocenters. The number of aromatic nitrogens is 1. The zero-order valence-electron chi connectivity index (χ0n) is 11.7. The summed E-state index contributed by atoms with van der Waals surface area (Å²) in [6.45, 7) is 7.00. The van der Waals surface area contributed by atoms with E-state index in [0.29, 0.717) is 4.88 Å². The number of methoxy groups -OCH3 is 1. The van der Waals surface area contributed by atoms with Crippen LogP contribution >= 0.6 is 11.3 Å². The van der Waals surface area contributed by atoms with Gasteiger partial charge in [-0.2, -0.15) is 0 Å². The number of esters is 1. The van der Waals surface area contributed by atoms with E-state index in [1.54, 1.807) is 0 Å². The number of thiazole rings is 1. The Balaban J connectivity index is 1.84. The molecule has 0 spiro atoms. The molecule has 0 radical (unpaired) electrons. The highest BCUT2D eigenvalue weighted by Gasteiger charge is 2.27. The molecule has 1 aromatic rings. The first kappa shape index (κ1) is 14.3. The van der Waals surface area contributed by atoms with E-state index < -0.39 is 0 Å². The molecule has 0 unspecified atom stereocenters. The molecule has 1 N–H and O–H groups in total. The van der Waals surface area contributed by atoms with Crippen molar-refractivity contribution in [3.05, 3.63) is 10.6 Å². The first-order valence-electron chi connectivity index (χ1n) is 6.69. The maximum Gasteiger partial charge on any atom is 0.350 e. The zero-order chi connectivity index (χ0) is 13.8. The summed E-state index contributed by atoms with van der Waals surface area (Å²) in [5.74, 6) is -0.309. The fraction of sp³-hybridized carbons (Fsp3) is 0.692. The summed E-state index contributed by atoms with van der Waals surface area (Å²) in [4.78, 5) is 18.9. The summed E-state index contributed by atoms with van der Waals surface area (Å²) in [5.41, 5.74) is 0.730. The quantitative estimate of drug-likeness (QED) is 0.777. The van der Waals surface area contributed by atoms with Gasteiger partial charge < -0.3 is 10.1 Å². The third-order valence-electron chi connectivity index (χ3n) is 3.31. The standard InChI is InChI=1S/C13H21N3O2S/c1-4-16(10-5-6-10)8-7-14-13-15-9(2)11(19-13)12(17)18-3/h10H,4-8H2,1-3H3,(H,14,15). The normalized spacial score (nSPS) is 14.7. The summed E-state index contributed by atoms with van der Waals surface area (Å²) >= 11 is 1.36. The molecule has 1 aliphatic rings. The molecule has 106 valence electrons. The Labute approximate surface area is 118 Å². The van der Waals surface area contributed by atoms with Gasteiger partial charge in [-0.25, -0.2) is 9.78 Å². The fourth-order valence-corrected chi connectivity index (χ4v) is 3.01. The first-order chi connectivity index (χ1) is 9.15. The zero-order valence-corrected chi connectivity index (χ0v) is 12.5. The highest BCUT2D eigenvalue weighted by atomic mass is 32.1. The number of aryl methyl sites for hydroxylation is 1. The Morgan fingerprint density at radius 3 is 2.89 bits per heavy atom. The van der Waals surface area contributed by atoms with Gasteiger partial charge in [0.15, 0.2) is 5.13 Å². The molecule has 19 heavy (non-hydrogen) atoms. The second kappa shape index (κ2) is 6.34. The summed E-state index contributed by atoms with van der Waals surface area (Å²) in [6, 6.07) is 0.787. The molecule has 0 aliphatic heterocycles. The molecule has 1 saturated carbocycles. The van der Waals surface area contributed by atoms with E-state index in [1.165, 1.54) is 31.3 Å². The van der Waals surface area contributed by atoms with Crippen molar-refractivity contribution in [1.29, 1.82) is 0 Å². The Hall–Kier alpha value is -1.14. The number of nitrogens with one attached hydrogen (secondary N) is 1. The van der Waals surface area contributed by atoms with Crippen LogP contribution in [0.4, 0.5) is 5.13 Å². The lowest BCUT2D eigenvalue weighted by molar-refractivity contribution is 0.0605. The number of likely N-dealkylation sites (N-methyl/N-ethyl adjacent to an activating group) is 1. The SMILES string of the molecule is CCN(CCNc1nc(C)c(C(=O)OC)s1)C1CC1. The van der Waals surface area contributed by atoms with E-state index in [-0.39, 0.29) is 5.97 Å². The number of nitrogens with zero attached hydrogens (tertiary/aromatic N) is 2. The van der Waals surface area contributed by atoms with Crippen molar-refractivity contribution in [3.63, 3.8) is 0 Å². The number of hydrogen-bond donors (Lipinski definition) is 1. The van der Waals surface area contributed by atoms with Crippen LogP contribution in [0.3, 0.4) is 0 Å². The van der Waals surface area contributed by atoms with Crippen LogP contribution in [0.1, 0.15) is 35.1 Å². The van der Waals surface area contributed by atoms with Crippen molar-refractivity contribution in [1.82, 2.24) is 9.88 Å². The molecule has 5 nitrogen and oxygen atoms in total. The van der Waals surface area contributed by atoms with Crippen molar-refractivity contribution in [2.75, 3.05) is 32.1 Å². The highest BCUT2D eigenvalue weighted by Crippen LogP contribution is 2.26. The van der Waals surface area contributed by atoms with Gasteiger partial charge >= 0.3 is 5.97 Å². The number of carbonyl (C=O) groups is 1. The lowest BCUT2D eigenvalue weighted by Crippen LogP contribution is -2.30. The summed E-state index contributed by atoms with van der Waals surface area (Å²) in [6.07, 6.45) is 2.66. The van der Waals surface area contributed by atoms with Crippen molar-refractivity contribution in [2.45, 2.75) is 32.7 Å². The molecule has 0 aromatic carbocycles. The summed E-state index contributed by atoms with van der Waals surface area (Å²) < 4.78 is 4.73. The van der Waals surface area contributed by atoms with Crippen molar-refractivity contribution in [2.24, 2.45) is 0 Å². The van der Waals surface area contributed by atoms with E-state index in [4.69, 9.17) is 4.74 Å². The molecule has 0 amide bonds. The van der Waals surface area contributed by atoms with Gasteiger partial charge in [0.1, 0.15) is 4.88 Å². The molecule has 1 aromatic heterocycles. The minimum atomic E-state index is -0.309. The van der Waals surface area contributed by atoms with E-state index in [9.17, 15) is 4.79 Å². The Morgan fingerprint density at radius 1 is 1.58 bits per heavy atom. The van der Waals surface area contributed by atoms with Gasteiger partial charge in [0.05, 0.1) is 12.8 Å². The average molecular weight is 283 g/mol. The fourth-order valence-electron chi connectivity index (χ4n) is 2.10. The van der Waals surface area contributed by atoms with E-state index in [1.807, 2.05) is 6.92 Å². The smallest absolute Gasteiger partial charge is 0.350 e. The number of rotatable bonds is 7. The second-order valence-electron chi connectivity index (χ2n) is 4.71. The van der Waals surface area contributed by atoms with Crippen molar-refractivity contribution in [3.8, 4) is 0 Å². The number of hydrogen-bond acceptors (Lipinski definition) is 6. The van der Waals surface area contributed by atoms with Crippen LogP contribution in [0.2, 0.25) is 0 Å². The van der Waals surface area contributed by atoms with Gasteiger partial charge in [0, 0.05) is 19.1 Å². The van der Waals surface area contributed by atoms with Crippen LogP contribution in [0, 0.1) is 6.92 Å². The molecule has 1 heterocycles. The minimum Gasteiger partial charge on any atom is -0.465 e. The summed E-state index contributed by atoms with van der Waals surface area (Å²) in [7, 11) is 1.39. The maximum atomic E-state index is 11.5. The minimum absolute atomic E-state index is 0.309. The Morgan fingerprint density at radius 2 is 2.32 bits per heavy atom. The molecule has 0 saturated heterocycles. The second-order valence-corrected chi connectivity index (χ2v) is 5.71.